The van der Waals surface area contributed by atoms with E-state index in [1.165, 1.54) is 12.3 Å². The minimum Gasteiger partial charge on any atom is -0.483 e. The Labute approximate surface area is 102 Å². The van der Waals surface area contributed by atoms with Gasteiger partial charge in [0, 0.05) is 11.8 Å². The summed E-state index contributed by atoms with van der Waals surface area (Å²) < 4.78 is 23.8. The highest BCUT2D eigenvalue weighted by Gasteiger charge is 2.13. The number of hydrogen-bond acceptors (Lipinski definition) is 4. The second kappa shape index (κ2) is 4.79. The molecule has 0 unspecified atom stereocenters. The number of ether oxygens (including phenoxy) is 1. The van der Waals surface area contributed by atoms with Crippen LogP contribution in [-0.4, -0.2) is 5.91 Å². The summed E-state index contributed by atoms with van der Waals surface area (Å²) in [5.41, 5.74) is 10.6. The highest BCUT2D eigenvalue weighted by molar-refractivity contribution is 5.98. The van der Waals surface area contributed by atoms with E-state index in [-0.39, 0.29) is 23.6 Å². The number of nitrogens with two attached hydrogens (primary N) is 2. The van der Waals surface area contributed by atoms with E-state index in [1.807, 2.05) is 0 Å². The minimum absolute atomic E-state index is 0.0193. The fourth-order valence-electron chi connectivity index (χ4n) is 1.44. The molecule has 5 nitrogen and oxygen atoms in total. The van der Waals surface area contributed by atoms with Crippen LogP contribution < -0.4 is 16.2 Å². The smallest absolute Gasteiger partial charge is 0.250 e. The molecular formula is C12H11FN2O3. The first-order valence-corrected chi connectivity index (χ1v) is 5.12. The molecule has 0 bridgehead atoms. The maximum Gasteiger partial charge on any atom is 0.250 e. The third-order valence-electron chi connectivity index (χ3n) is 2.32. The van der Waals surface area contributed by atoms with Gasteiger partial charge in [-0.3, -0.25) is 4.79 Å². The number of anilines is 1. The van der Waals surface area contributed by atoms with E-state index in [0.29, 0.717) is 5.76 Å². The minimum atomic E-state index is -0.740. The first-order chi connectivity index (χ1) is 8.58. The highest BCUT2D eigenvalue weighted by atomic mass is 19.1. The second-order valence-corrected chi connectivity index (χ2v) is 3.60. The highest BCUT2D eigenvalue weighted by Crippen LogP contribution is 2.24. The summed E-state index contributed by atoms with van der Waals surface area (Å²) in [6.45, 7) is 0.0477. The first-order valence-electron chi connectivity index (χ1n) is 5.12. The molecule has 6 heteroatoms. The van der Waals surface area contributed by atoms with Crippen molar-refractivity contribution in [1.82, 2.24) is 0 Å². The van der Waals surface area contributed by atoms with E-state index in [9.17, 15) is 9.18 Å². The SMILES string of the molecule is NC(=O)c1cc(OCc2ccco2)c(F)cc1N. The lowest BCUT2D eigenvalue weighted by atomic mass is 10.1. The van der Waals surface area contributed by atoms with Crippen LogP contribution >= 0.6 is 0 Å². The van der Waals surface area contributed by atoms with E-state index in [2.05, 4.69) is 0 Å². The molecule has 0 saturated carbocycles. The van der Waals surface area contributed by atoms with Gasteiger partial charge in [0.05, 0.1) is 11.8 Å². The number of rotatable bonds is 4. The molecule has 0 aliphatic heterocycles. The number of carbonyl (C=O) groups excluding carboxylic acids is 1. The van der Waals surface area contributed by atoms with Crippen LogP contribution in [0.25, 0.3) is 0 Å². The van der Waals surface area contributed by atoms with E-state index >= 15 is 0 Å². The summed E-state index contributed by atoms with van der Waals surface area (Å²) in [4.78, 5) is 11.1. The van der Waals surface area contributed by atoms with Crippen LogP contribution in [0.2, 0.25) is 0 Å². The fraction of sp³-hybridized carbons (Fsp3) is 0.0833. The van der Waals surface area contributed by atoms with Crippen molar-refractivity contribution in [2.45, 2.75) is 6.61 Å². The molecule has 2 aromatic rings. The summed E-state index contributed by atoms with van der Waals surface area (Å²) >= 11 is 0. The maximum atomic E-state index is 13.5. The van der Waals surface area contributed by atoms with Crippen LogP contribution in [-0.2, 0) is 6.61 Å². The number of amides is 1. The predicted octanol–water partition coefficient (Wildman–Crippen LogP) is 1.68. The first kappa shape index (κ1) is 12.0. The summed E-state index contributed by atoms with van der Waals surface area (Å²) in [6.07, 6.45) is 1.48. The van der Waals surface area contributed by atoms with Crippen molar-refractivity contribution in [1.29, 1.82) is 0 Å². The normalized spacial score (nSPS) is 10.3. The molecule has 0 aliphatic carbocycles. The predicted molar refractivity (Wildman–Crippen MR) is 62.4 cm³/mol. The van der Waals surface area contributed by atoms with E-state index in [0.717, 1.165) is 6.07 Å². The van der Waals surface area contributed by atoms with Gasteiger partial charge in [-0.05, 0) is 18.2 Å². The molecule has 1 heterocycles. The monoisotopic (exact) mass is 250 g/mol. The lowest BCUT2D eigenvalue weighted by molar-refractivity contribution is 0.100. The summed E-state index contributed by atoms with van der Waals surface area (Å²) in [7, 11) is 0. The number of benzene rings is 1. The van der Waals surface area contributed by atoms with Crippen molar-refractivity contribution >= 4 is 11.6 Å². The quantitative estimate of drug-likeness (QED) is 0.807. The summed E-state index contributed by atoms with van der Waals surface area (Å²) in [5, 5.41) is 0. The Morgan fingerprint density at radius 3 is 2.83 bits per heavy atom. The van der Waals surface area contributed by atoms with Crippen LogP contribution in [0.5, 0.6) is 5.75 Å². The van der Waals surface area contributed by atoms with Gasteiger partial charge in [0.15, 0.2) is 11.6 Å². The van der Waals surface area contributed by atoms with Gasteiger partial charge in [-0.1, -0.05) is 0 Å². The zero-order valence-electron chi connectivity index (χ0n) is 9.35. The number of hydrogen-bond donors (Lipinski definition) is 2. The van der Waals surface area contributed by atoms with Gasteiger partial charge in [-0.2, -0.15) is 0 Å². The van der Waals surface area contributed by atoms with E-state index < -0.39 is 11.7 Å². The van der Waals surface area contributed by atoms with Gasteiger partial charge in [0.25, 0.3) is 5.91 Å². The molecule has 0 radical (unpaired) electrons. The molecule has 1 aromatic carbocycles. The lowest BCUT2D eigenvalue weighted by Crippen LogP contribution is -2.14. The molecule has 4 N–H and O–H groups in total. The molecule has 0 aliphatic rings. The molecule has 0 saturated heterocycles. The Hall–Kier alpha value is -2.50. The van der Waals surface area contributed by atoms with Crippen molar-refractivity contribution in [2.24, 2.45) is 5.73 Å². The molecule has 0 spiro atoms. The van der Waals surface area contributed by atoms with Crippen LogP contribution in [0.1, 0.15) is 16.1 Å². The number of furan rings is 1. The number of primary amides is 1. The van der Waals surface area contributed by atoms with Crippen molar-refractivity contribution in [3.63, 3.8) is 0 Å². The van der Waals surface area contributed by atoms with Crippen molar-refractivity contribution in [3.8, 4) is 5.75 Å². The van der Waals surface area contributed by atoms with Gasteiger partial charge >= 0.3 is 0 Å². The average Bonchev–Trinajstić information content (AvgIpc) is 2.80. The van der Waals surface area contributed by atoms with Crippen LogP contribution in [0.15, 0.2) is 34.9 Å². The maximum absolute atomic E-state index is 13.5. The number of halogens is 1. The topological polar surface area (TPSA) is 91.5 Å². The lowest BCUT2D eigenvalue weighted by Gasteiger charge is -2.08. The zero-order valence-corrected chi connectivity index (χ0v) is 9.35. The molecule has 94 valence electrons. The molecule has 2 rings (SSSR count). The van der Waals surface area contributed by atoms with Gasteiger partial charge in [0.1, 0.15) is 12.4 Å². The Morgan fingerprint density at radius 1 is 1.44 bits per heavy atom. The molecule has 0 fully saturated rings. The molecular weight excluding hydrogens is 239 g/mol. The number of carbonyl (C=O) groups is 1. The Bertz CT molecular complexity index is 567. The van der Waals surface area contributed by atoms with Crippen molar-refractivity contribution < 1.29 is 18.3 Å². The van der Waals surface area contributed by atoms with Crippen LogP contribution in [0, 0.1) is 5.82 Å². The van der Waals surface area contributed by atoms with Crippen LogP contribution in [0.4, 0.5) is 10.1 Å². The summed E-state index contributed by atoms with van der Waals surface area (Å²) in [5.74, 6) is -0.972. The molecule has 18 heavy (non-hydrogen) atoms. The van der Waals surface area contributed by atoms with E-state index in [1.54, 1.807) is 12.1 Å². The Morgan fingerprint density at radius 2 is 2.22 bits per heavy atom. The van der Waals surface area contributed by atoms with Crippen molar-refractivity contribution in [2.75, 3.05) is 5.73 Å². The molecule has 1 aromatic heterocycles. The third-order valence-corrected chi connectivity index (χ3v) is 2.32. The zero-order chi connectivity index (χ0) is 13.1. The molecule has 1 amide bonds. The Kier molecular flexibility index (Phi) is 3.18. The van der Waals surface area contributed by atoms with Gasteiger partial charge in [-0.25, -0.2) is 4.39 Å². The Balaban J connectivity index is 2.22. The number of nitrogen functional groups attached to an aromatic ring is 1. The average molecular weight is 250 g/mol. The summed E-state index contributed by atoms with van der Waals surface area (Å²) in [6, 6.07) is 5.55. The van der Waals surface area contributed by atoms with Gasteiger partial charge in [0.2, 0.25) is 0 Å². The largest absolute Gasteiger partial charge is 0.483 e. The fourth-order valence-corrected chi connectivity index (χ4v) is 1.44. The second-order valence-electron chi connectivity index (χ2n) is 3.60. The standard InChI is InChI=1S/C12H11FN2O3/c13-9-5-10(14)8(12(15)16)4-11(9)18-6-7-2-1-3-17-7/h1-5H,6,14H2,(H2,15,16). The van der Waals surface area contributed by atoms with Gasteiger partial charge in [-0.15, -0.1) is 0 Å². The van der Waals surface area contributed by atoms with Crippen molar-refractivity contribution in [3.05, 3.63) is 47.7 Å². The van der Waals surface area contributed by atoms with Crippen LogP contribution in [0.3, 0.4) is 0 Å². The molecule has 0 atom stereocenters. The van der Waals surface area contributed by atoms with Gasteiger partial charge < -0.3 is 20.6 Å². The third kappa shape index (κ3) is 2.42. The van der Waals surface area contributed by atoms with E-state index in [4.69, 9.17) is 20.6 Å².